The molecule has 0 saturated heterocycles. The summed E-state index contributed by atoms with van der Waals surface area (Å²) >= 11 is 2.17. The second-order valence-corrected chi connectivity index (χ2v) is 5.63. The molecule has 1 aromatic carbocycles. The Hall–Kier alpha value is -1.63. The number of nitrogens with zero attached hydrogens (tertiary/aromatic N) is 2. The summed E-state index contributed by atoms with van der Waals surface area (Å²) in [6, 6.07) is 10.1. The summed E-state index contributed by atoms with van der Waals surface area (Å²) in [7, 11) is 0. The molecule has 5 heteroatoms. The Morgan fingerprint density at radius 1 is 1.35 bits per heavy atom. The maximum Gasteiger partial charge on any atom is 0.272 e. The highest BCUT2D eigenvalue weighted by molar-refractivity contribution is 14.1. The summed E-state index contributed by atoms with van der Waals surface area (Å²) in [5, 5.41) is 5.06. The molecule has 2 heterocycles. The molecule has 0 spiro atoms. The molecule has 102 valence electrons. The van der Waals surface area contributed by atoms with E-state index in [0.717, 1.165) is 26.5 Å². The number of aromatic nitrogens is 2. The van der Waals surface area contributed by atoms with Gasteiger partial charge in [0.2, 0.25) is 0 Å². The highest BCUT2D eigenvalue weighted by atomic mass is 127. The predicted molar refractivity (Wildman–Crippen MR) is 88.0 cm³/mol. The van der Waals surface area contributed by atoms with Crippen molar-refractivity contribution in [1.82, 2.24) is 14.7 Å². The first kappa shape index (κ1) is 13.4. The van der Waals surface area contributed by atoms with E-state index in [1.807, 2.05) is 47.9 Å². The zero-order valence-corrected chi connectivity index (χ0v) is 13.2. The molecular weight excluding hydrogens is 365 g/mol. The molecule has 20 heavy (non-hydrogen) atoms. The lowest BCUT2D eigenvalue weighted by atomic mass is 10.2. The largest absolute Gasteiger partial charge is 0.351 e. The van der Waals surface area contributed by atoms with Crippen molar-refractivity contribution >= 4 is 44.9 Å². The molecule has 4 nitrogen and oxygen atoms in total. The number of rotatable bonds is 3. The molecule has 0 aliphatic heterocycles. The van der Waals surface area contributed by atoms with Gasteiger partial charge in [0.25, 0.3) is 5.91 Å². The fourth-order valence-electron chi connectivity index (χ4n) is 2.21. The second-order valence-electron chi connectivity index (χ2n) is 4.60. The number of hydrogen-bond donors (Lipinski definition) is 1. The van der Waals surface area contributed by atoms with Crippen LogP contribution in [0.25, 0.3) is 16.4 Å². The standard InChI is InChI=1S/C15H14IN3O/c1-2-8-17-15(20)12-13(16)19-9-7-10-5-3-4-6-11(10)14(19)18-12/h3-7,9H,2,8H2,1H3,(H,17,20). The molecule has 3 aromatic rings. The number of amides is 1. The lowest BCUT2D eigenvalue weighted by molar-refractivity contribution is 0.0948. The van der Waals surface area contributed by atoms with E-state index in [2.05, 4.69) is 32.9 Å². The van der Waals surface area contributed by atoms with Gasteiger partial charge in [0.05, 0.1) is 0 Å². The van der Waals surface area contributed by atoms with Gasteiger partial charge in [-0.25, -0.2) is 4.98 Å². The van der Waals surface area contributed by atoms with Crippen molar-refractivity contribution in [1.29, 1.82) is 0 Å². The maximum atomic E-state index is 12.1. The summed E-state index contributed by atoms with van der Waals surface area (Å²) in [4.78, 5) is 16.7. The van der Waals surface area contributed by atoms with E-state index in [1.54, 1.807) is 0 Å². The van der Waals surface area contributed by atoms with E-state index >= 15 is 0 Å². The third-order valence-electron chi connectivity index (χ3n) is 3.21. The van der Waals surface area contributed by atoms with E-state index in [-0.39, 0.29) is 5.91 Å². The first-order valence-electron chi connectivity index (χ1n) is 6.56. The molecule has 0 saturated carbocycles. The summed E-state index contributed by atoms with van der Waals surface area (Å²) in [6.45, 7) is 2.70. The minimum Gasteiger partial charge on any atom is -0.351 e. The lowest BCUT2D eigenvalue weighted by Crippen LogP contribution is -2.25. The van der Waals surface area contributed by atoms with E-state index < -0.39 is 0 Å². The minimum atomic E-state index is -0.107. The molecule has 0 aliphatic carbocycles. The molecule has 0 unspecified atom stereocenters. The molecule has 0 fully saturated rings. The quantitative estimate of drug-likeness (QED) is 0.711. The Balaban J connectivity index is 2.18. The fourth-order valence-corrected chi connectivity index (χ4v) is 2.96. The van der Waals surface area contributed by atoms with Gasteiger partial charge in [-0.3, -0.25) is 9.20 Å². The molecule has 0 bridgehead atoms. The van der Waals surface area contributed by atoms with E-state index in [0.29, 0.717) is 12.2 Å². The highest BCUT2D eigenvalue weighted by Gasteiger charge is 2.17. The van der Waals surface area contributed by atoms with Crippen LogP contribution in [-0.2, 0) is 0 Å². The normalized spacial score (nSPS) is 11.1. The van der Waals surface area contributed by atoms with Crippen LogP contribution in [0.2, 0.25) is 0 Å². The van der Waals surface area contributed by atoms with Gasteiger partial charge in [-0.15, -0.1) is 0 Å². The number of carbonyl (C=O) groups excluding carboxylic acids is 1. The zero-order valence-electron chi connectivity index (χ0n) is 11.1. The Bertz CT molecular complexity index is 794. The van der Waals surface area contributed by atoms with Crippen molar-refractivity contribution in [2.24, 2.45) is 0 Å². The Morgan fingerprint density at radius 3 is 2.95 bits per heavy atom. The number of carbonyl (C=O) groups is 1. The average molecular weight is 379 g/mol. The number of halogens is 1. The van der Waals surface area contributed by atoms with Crippen molar-refractivity contribution in [2.75, 3.05) is 6.54 Å². The van der Waals surface area contributed by atoms with Crippen LogP contribution in [0.3, 0.4) is 0 Å². The SMILES string of the molecule is CCCNC(=O)c1nc2c3ccccc3ccn2c1I. The van der Waals surface area contributed by atoms with Gasteiger partial charge in [-0.2, -0.15) is 0 Å². The number of imidazole rings is 1. The minimum absolute atomic E-state index is 0.107. The smallest absolute Gasteiger partial charge is 0.272 e. The number of nitrogens with one attached hydrogen (secondary N) is 1. The Kier molecular flexibility index (Phi) is 3.60. The molecule has 1 N–H and O–H groups in total. The molecule has 0 atom stereocenters. The van der Waals surface area contributed by atoms with Crippen LogP contribution in [0.5, 0.6) is 0 Å². The third kappa shape index (κ3) is 2.15. The third-order valence-corrected chi connectivity index (χ3v) is 4.24. The molecule has 2 aromatic heterocycles. The van der Waals surface area contributed by atoms with Crippen LogP contribution in [0.4, 0.5) is 0 Å². The topological polar surface area (TPSA) is 46.4 Å². The van der Waals surface area contributed by atoms with Crippen molar-refractivity contribution in [3.8, 4) is 0 Å². The predicted octanol–water partition coefficient (Wildman–Crippen LogP) is 3.23. The summed E-state index contributed by atoms with van der Waals surface area (Å²) in [6.07, 6.45) is 2.88. The van der Waals surface area contributed by atoms with Crippen LogP contribution in [0, 0.1) is 3.70 Å². The summed E-state index contributed by atoms with van der Waals surface area (Å²) < 4.78 is 2.81. The van der Waals surface area contributed by atoms with Gasteiger partial charge < -0.3 is 5.32 Å². The Labute approximate surface area is 130 Å². The number of hydrogen-bond acceptors (Lipinski definition) is 2. The molecule has 1 amide bonds. The van der Waals surface area contributed by atoms with Gasteiger partial charge in [0, 0.05) is 18.1 Å². The van der Waals surface area contributed by atoms with Crippen molar-refractivity contribution in [2.45, 2.75) is 13.3 Å². The van der Waals surface area contributed by atoms with Crippen molar-refractivity contribution < 1.29 is 4.79 Å². The van der Waals surface area contributed by atoms with Crippen molar-refractivity contribution in [3.63, 3.8) is 0 Å². The van der Waals surface area contributed by atoms with Gasteiger partial charge in [0.1, 0.15) is 9.35 Å². The number of benzene rings is 1. The average Bonchev–Trinajstić information content (AvgIpc) is 2.82. The number of pyridine rings is 1. The van der Waals surface area contributed by atoms with Crippen molar-refractivity contribution in [3.05, 3.63) is 45.9 Å². The van der Waals surface area contributed by atoms with Crippen LogP contribution in [-0.4, -0.2) is 21.8 Å². The molecule has 0 radical (unpaired) electrons. The van der Waals surface area contributed by atoms with E-state index in [4.69, 9.17) is 0 Å². The van der Waals surface area contributed by atoms with Gasteiger partial charge in [0.15, 0.2) is 5.69 Å². The van der Waals surface area contributed by atoms with E-state index in [9.17, 15) is 4.79 Å². The monoisotopic (exact) mass is 379 g/mol. The van der Waals surface area contributed by atoms with Crippen LogP contribution in [0.1, 0.15) is 23.8 Å². The zero-order chi connectivity index (χ0) is 14.1. The van der Waals surface area contributed by atoms with Gasteiger partial charge in [-0.05, 0) is 40.5 Å². The first-order chi connectivity index (χ1) is 9.72. The van der Waals surface area contributed by atoms with Gasteiger partial charge >= 0.3 is 0 Å². The highest BCUT2D eigenvalue weighted by Crippen LogP contribution is 2.23. The first-order valence-corrected chi connectivity index (χ1v) is 7.63. The van der Waals surface area contributed by atoms with Crippen LogP contribution >= 0.6 is 22.6 Å². The Morgan fingerprint density at radius 2 is 2.15 bits per heavy atom. The summed E-state index contributed by atoms with van der Waals surface area (Å²) in [5.41, 5.74) is 1.32. The fraction of sp³-hybridized carbons (Fsp3) is 0.200. The van der Waals surface area contributed by atoms with Crippen LogP contribution in [0.15, 0.2) is 36.5 Å². The lowest BCUT2D eigenvalue weighted by Gasteiger charge is -2.00. The molecular formula is C15H14IN3O. The van der Waals surface area contributed by atoms with Gasteiger partial charge in [-0.1, -0.05) is 31.2 Å². The van der Waals surface area contributed by atoms with E-state index in [1.165, 1.54) is 0 Å². The second kappa shape index (κ2) is 5.40. The molecule has 0 aliphatic rings. The summed E-state index contributed by atoms with van der Waals surface area (Å²) in [5.74, 6) is -0.107. The molecule has 3 rings (SSSR count). The van der Waals surface area contributed by atoms with Crippen LogP contribution < -0.4 is 5.32 Å². The maximum absolute atomic E-state index is 12.1. The number of fused-ring (bicyclic) bond motifs is 3.